The first kappa shape index (κ1) is 8.88. The van der Waals surface area contributed by atoms with Crippen LogP contribution in [0.5, 0.6) is 5.75 Å². The monoisotopic (exact) mass is 188 g/mol. The number of aryl methyl sites for hydroxylation is 1. The second kappa shape index (κ2) is 3.58. The molecule has 2 aromatic rings. The van der Waals surface area contributed by atoms with Crippen LogP contribution in [-0.2, 0) is 6.42 Å². The van der Waals surface area contributed by atoms with Crippen molar-refractivity contribution in [2.45, 2.75) is 13.3 Å². The van der Waals surface area contributed by atoms with Crippen molar-refractivity contribution in [3.05, 3.63) is 53.5 Å². The van der Waals surface area contributed by atoms with E-state index in [-0.39, 0.29) is 5.75 Å². The highest BCUT2D eigenvalue weighted by molar-refractivity contribution is 5.36. The Labute approximate surface area is 82.8 Å². The van der Waals surface area contributed by atoms with Crippen molar-refractivity contribution >= 4 is 0 Å². The van der Waals surface area contributed by atoms with Gasteiger partial charge in [-0.1, -0.05) is 30.3 Å². The number of aromatic hydroxyl groups is 1. The van der Waals surface area contributed by atoms with Crippen molar-refractivity contribution in [2.24, 2.45) is 0 Å². The predicted octanol–water partition coefficient (Wildman–Crippen LogP) is 2.88. The van der Waals surface area contributed by atoms with Crippen molar-refractivity contribution < 1.29 is 9.52 Å². The number of rotatable bonds is 2. The molecular formula is C12H12O2. The van der Waals surface area contributed by atoms with Gasteiger partial charge in [0, 0.05) is 12.0 Å². The number of hydrogen-bond donors (Lipinski definition) is 1. The van der Waals surface area contributed by atoms with Gasteiger partial charge in [-0.15, -0.1) is 0 Å². The molecule has 0 spiro atoms. The summed E-state index contributed by atoms with van der Waals surface area (Å²) in [6.45, 7) is 1.86. The zero-order chi connectivity index (χ0) is 9.97. The molecule has 0 atom stereocenters. The summed E-state index contributed by atoms with van der Waals surface area (Å²) in [6.07, 6.45) is 2.10. The first-order valence-electron chi connectivity index (χ1n) is 4.57. The van der Waals surface area contributed by atoms with E-state index in [4.69, 9.17) is 4.42 Å². The van der Waals surface area contributed by atoms with Gasteiger partial charge in [-0.3, -0.25) is 0 Å². The second-order valence-electron chi connectivity index (χ2n) is 3.32. The van der Waals surface area contributed by atoms with E-state index in [9.17, 15) is 5.11 Å². The van der Waals surface area contributed by atoms with Crippen molar-refractivity contribution in [1.82, 2.24) is 0 Å². The maximum absolute atomic E-state index is 9.50. The fourth-order valence-electron chi connectivity index (χ4n) is 1.48. The van der Waals surface area contributed by atoms with Gasteiger partial charge < -0.3 is 9.52 Å². The largest absolute Gasteiger partial charge is 0.504 e. The molecule has 2 heteroatoms. The lowest BCUT2D eigenvalue weighted by Crippen LogP contribution is -1.87. The highest BCUT2D eigenvalue weighted by Gasteiger charge is 2.09. The van der Waals surface area contributed by atoms with Crippen molar-refractivity contribution in [1.29, 1.82) is 0 Å². The van der Waals surface area contributed by atoms with E-state index in [0.717, 1.165) is 17.7 Å². The molecule has 0 unspecified atom stereocenters. The number of furan rings is 1. The quantitative estimate of drug-likeness (QED) is 0.786. The van der Waals surface area contributed by atoms with Gasteiger partial charge in [0.05, 0.1) is 0 Å². The molecular weight excluding hydrogens is 176 g/mol. The molecule has 0 aliphatic carbocycles. The molecule has 72 valence electrons. The summed E-state index contributed by atoms with van der Waals surface area (Å²) in [4.78, 5) is 0. The van der Waals surface area contributed by atoms with Crippen LogP contribution in [0.15, 0.2) is 41.0 Å². The summed E-state index contributed by atoms with van der Waals surface area (Å²) in [5, 5.41) is 9.50. The van der Waals surface area contributed by atoms with E-state index in [1.165, 1.54) is 11.8 Å². The van der Waals surface area contributed by atoms with E-state index < -0.39 is 0 Å². The highest BCUT2D eigenvalue weighted by Crippen LogP contribution is 2.25. The molecule has 1 heterocycles. The molecule has 0 fully saturated rings. The van der Waals surface area contributed by atoms with Crippen LogP contribution in [0.3, 0.4) is 0 Å². The lowest BCUT2D eigenvalue weighted by Gasteiger charge is -2.00. The lowest BCUT2D eigenvalue weighted by molar-refractivity contribution is 0.453. The molecule has 0 saturated heterocycles. The molecule has 2 rings (SSSR count). The Morgan fingerprint density at radius 3 is 2.50 bits per heavy atom. The molecule has 0 radical (unpaired) electrons. The SMILES string of the molecule is Cc1occ(O)c1Cc1ccccc1. The molecule has 0 saturated carbocycles. The van der Waals surface area contributed by atoms with Crippen LogP contribution in [0.1, 0.15) is 16.9 Å². The summed E-state index contributed by atoms with van der Waals surface area (Å²) in [6, 6.07) is 10.0. The standard InChI is InChI=1S/C12H12O2/c1-9-11(12(13)8-14-9)7-10-5-3-2-4-6-10/h2-6,8,13H,7H2,1H3. The first-order valence-corrected chi connectivity index (χ1v) is 4.57. The Bertz CT molecular complexity index is 396. The Morgan fingerprint density at radius 1 is 1.21 bits per heavy atom. The topological polar surface area (TPSA) is 33.4 Å². The van der Waals surface area contributed by atoms with Gasteiger partial charge in [0.25, 0.3) is 0 Å². The molecule has 1 N–H and O–H groups in total. The highest BCUT2D eigenvalue weighted by atomic mass is 16.4. The van der Waals surface area contributed by atoms with Crippen molar-refractivity contribution in [2.75, 3.05) is 0 Å². The Balaban J connectivity index is 2.27. The van der Waals surface area contributed by atoms with Crippen LogP contribution in [0.25, 0.3) is 0 Å². The number of hydrogen-bond acceptors (Lipinski definition) is 2. The molecule has 2 nitrogen and oxygen atoms in total. The lowest BCUT2D eigenvalue weighted by atomic mass is 10.1. The van der Waals surface area contributed by atoms with Gasteiger partial charge in [0.15, 0.2) is 5.75 Å². The van der Waals surface area contributed by atoms with Gasteiger partial charge in [-0.2, -0.15) is 0 Å². The second-order valence-corrected chi connectivity index (χ2v) is 3.32. The third-order valence-electron chi connectivity index (χ3n) is 2.31. The smallest absolute Gasteiger partial charge is 0.157 e. The van der Waals surface area contributed by atoms with E-state index in [1.54, 1.807) is 0 Å². The average Bonchev–Trinajstić information content (AvgIpc) is 2.51. The third-order valence-corrected chi connectivity index (χ3v) is 2.31. The van der Waals surface area contributed by atoms with Crippen molar-refractivity contribution in [3.63, 3.8) is 0 Å². The van der Waals surface area contributed by atoms with E-state index in [1.807, 2.05) is 37.3 Å². The summed E-state index contributed by atoms with van der Waals surface area (Å²) in [5.41, 5.74) is 2.04. The van der Waals surface area contributed by atoms with Gasteiger partial charge in [0.1, 0.15) is 12.0 Å². The summed E-state index contributed by atoms with van der Waals surface area (Å²) >= 11 is 0. The molecule has 0 aliphatic heterocycles. The van der Waals surface area contributed by atoms with Crippen LogP contribution in [-0.4, -0.2) is 5.11 Å². The fraction of sp³-hybridized carbons (Fsp3) is 0.167. The minimum Gasteiger partial charge on any atom is -0.504 e. The maximum Gasteiger partial charge on any atom is 0.157 e. The summed E-state index contributed by atoms with van der Waals surface area (Å²) < 4.78 is 5.12. The van der Waals surface area contributed by atoms with Gasteiger partial charge in [-0.05, 0) is 12.5 Å². The number of benzene rings is 1. The van der Waals surface area contributed by atoms with Crippen LogP contribution < -0.4 is 0 Å². The van der Waals surface area contributed by atoms with Crippen LogP contribution in [0.4, 0.5) is 0 Å². The van der Waals surface area contributed by atoms with E-state index >= 15 is 0 Å². The van der Waals surface area contributed by atoms with E-state index in [0.29, 0.717) is 0 Å². The molecule has 0 bridgehead atoms. The minimum absolute atomic E-state index is 0.242. The molecule has 0 aliphatic rings. The average molecular weight is 188 g/mol. The van der Waals surface area contributed by atoms with Crippen LogP contribution in [0.2, 0.25) is 0 Å². The Hall–Kier alpha value is -1.70. The normalized spacial score (nSPS) is 10.4. The van der Waals surface area contributed by atoms with Crippen LogP contribution in [0, 0.1) is 6.92 Å². The Morgan fingerprint density at radius 2 is 1.93 bits per heavy atom. The minimum atomic E-state index is 0.242. The summed E-state index contributed by atoms with van der Waals surface area (Å²) in [5.74, 6) is 1.03. The third kappa shape index (κ3) is 1.64. The maximum atomic E-state index is 9.50. The van der Waals surface area contributed by atoms with Gasteiger partial charge in [0.2, 0.25) is 0 Å². The van der Waals surface area contributed by atoms with Crippen LogP contribution >= 0.6 is 0 Å². The predicted molar refractivity (Wildman–Crippen MR) is 54.4 cm³/mol. The molecule has 0 amide bonds. The van der Waals surface area contributed by atoms with Crippen molar-refractivity contribution in [3.8, 4) is 5.75 Å². The summed E-state index contributed by atoms with van der Waals surface area (Å²) in [7, 11) is 0. The molecule has 14 heavy (non-hydrogen) atoms. The molecule has 1 aromatic heterocycles. The zero-order valence-corrected chi connectivity index (χ0v) is 8.03. The van der Waals surface area contributed by atoms with Gasteiger partial charge in [-0.25, -0.2) is 0 Å². The zero-order valence-electron chi connectivity index (χ0n) is 8.03. The Kier molecular flexibility index (Phi) is 2.27. The van der Waals surface area contributed by atoms with E-state index in [2.05, 4.69) is 0 Å². The fourth-order valence-corrected chi connectivity index (χ4v) is 1.48. The molecule has 1 aromatic carbocycles. The van der Waals surface area contributed by atoms with Gasteiger partial charge >= 0.3 is 0 Å². The first-order chi connectivity index (χ1) is 6.77.